The summed E-state index contributed by atoms with van der Waals surface area (Å²) in [5, 5.41) is 8.56. The molecule has 0 unspecified atom stereocenters. The summed E-state index contributed by atoms with van der Waals surface area (Å²) in [6.45, 7) is 4.18. The third kappa shape index (κ3) is 4.88. The van der Waals surface area contributed by atoms with Gasteiger partial charge in [-0.15, -0.1) is 5.10 Å². The second-order valence-corrected chi connectivity index (χ2v) is 11.0. The fourth-order valence-corrected chi connectivity index (χ4v) is 5.70. The van der Waals surface area contributed by atoms with Crippen LogP contribution in [-0.4, -0.2) is 53.4 Å². The van der Waals surface area contributed by atoms with Crippen LogP contribution in [-0.2, 0) is 4.79 Å². The highest BCUT2D eigenvalue weighted by Crippen LogP contribution is 2.46. The summed E-state index contributed by atoms with van der Waals surface area (Å²) in [5.41, 5.74) is 2.79. The predicted molar refractivity (Wildman–Crippen MR) is 144 cm³/mol. The van der Waals surface area contributed by atoms with Gasteiger partial charge in [-0.1, -0.05) is 31.7 Å². The summed E-state index contributed by atoms with van der Waals surface area (Å²) >= 11 is 1.26. The van der Waals surface area contributed by atoms with Gasteiger partial charge in [0.1, 0.15) is 11.8 Å². The van der Waals surface area contributed by atoms with Crippen molar-refractivity contribution in [2.45, 2.75) is 37.9 Å². The van der Waals surface area contributed by atoms with Crippen molar-refractivity contribution < 1.29 is 23.8 Å². The Morgan fingerprint density at radius 2 is 1.79 bits per heavy atom. The molecule has 0 fully saturated rings. The second kappa shape index (κ2) is 10.2. The third-order valence-electron chi connectivity index (χ3n) is 6.78. The average molecular weight is 535 g/mol. The van der Waals surface area contributed by atoms with Crippen LogP contribution >= 0.6 is 11.8 Å². The number of hydrogen-bond acceptors (Lipinski definition) is 9. The van der Waals surface area contributed by atoms with Crippen molar-refractivity contribution in [2.24, 2.45) is 5.41 Å². The largest absolute Gasteiger partial charge is 0.497 e. The van der Waals surface area contributed by atoms with Crippen LogP contribution in [0.5, 0.6) is 17.2 Å². The molecule has 1 aliphatic heterocycles. The van der Waals surface area contributed by atoms with Gasteiger partial charge in [0.25, 0.3) is 0 Å². The molecule has 0 saturated heterocycles. The Bertz CT molecular complexity index is 1430. The van der Waals surface area contributed by atoms with E-state index in [4.69, 9.17) is 19.3 Å². The smallest absolute Gasteiger partial charge is 0.227 e. The minimum absolute atomic E-state index is 0.0378. The molecular formula is C28H30N4O5S. The molecule has 5 rings (SSSR count). The molecule has 3 aromatic rings. The fraction of sp³-hybridized carbons (Fsp3) is 0.357. The maximum Gasteiger partial charge on any atom is 0.227 e. The predicted octanol–water partition coefficient (Wildman–Crippen LogP) is 4.94. The zero-order valence-electron chi connectivity index (χ0n) is 22.0. The number of ether oxygens (including phenoxy) is 3. The Hall–Kier alpha value is -3.79. The lowest BCUT2D eigenvalue weighted by molar-refractivity contribution is -0.118. The van der Waals surface area contributed by atoms with Gasteiger partial charge >= 0.3 is 0 Å². The normalized spacial score (nSPS) is 17.8. The highest BCUT2D eigenvalue weighted by atomic mass is 32.2. The number of allylic oxidation sites excluding steroid dienone is 2. The van der Waals surface area contributed by atoms with Gasteiger partial charge < -0.3 is 19.5 Å². The van der Waals surface area contributed by atoms with Crippen LogP contribution in [0.2, 0.25) is 0 Å². The molecule has 0 radical (unpaired) electrons. The molecule has 2 heterocycles. The molecule has 10 heteroatoms. The van der Waals surface area contributed by atoms with E-state index in [0.29, 0.717) is 52.3 Å². The zero-order valence-corrected chi connectivity index (χ0v) is 22.8. The van der Waals surface area contributed by atoms with Gasteiger partial charge in [0.05, 0.1) is 27.1 Å². The van der Waals surface area contributed by atoms with Crippen LogP contribution in [0.15, 0.2) is 58.9 Å². The third-order valence-corrected chi connectivity index (χ3v) is 7.62. The molecule has 2 aliphatic rings. The van der Waals surface area contributed by atoms with E-state index in [2.05, 4.69) is 24.1 Å². The van der Waals surface area contributed by atoms with Gasteiger partial charge in [-0.3, -0.25) is 9.59 Å². The Balaban J connectivity index is 1.48. The topological polar surface area (TPSA) is 105 Å². The van der Waals surface area contributed by atoms with Crippen molar-refractivity contribution in [1.29, 1.82) is 0 Å². The van der Waals surface area contributed by atoms with E-state index in [1.54, 1.807) is 50.3 Å². The number of nitrogens with zero attached hydrogens (tertiary/aromatic N) is 3. The maximum atomic E-state index is 13.5. The summed E-state index contributed by atoms with van der Waals surface area (Å²) < 4.78 is 17.9. The molecule has 2 aromatic carbocycles. The summed E-state index contributed by atoms with van der Waals surface area (Å²) in [5.74, 6) is 2.61. The van der Waals surface area contributed by atoms with E-state index in [0.717, 1.165) is 11.3 Å². The molecule has 0 spiro atoms. The number of aromatic nitrogens is 3. The number of rotatable bonds is 8. The molecule has 198 valence electrons. The number of hydrogen-bond donors (Lipinski definition) is 1. The number of Topliss-reactive ketones (excluding diaryl/α,β-unsaturated/α-hetero) is 2. The first kappa shape index (κ1) is 25.8. The molecular weight excluding hydrogens is 504 g/mol. The first-order valence-electron chi connectivity index (χ1n) is 12.2. The first-order chi connectivity index (χ1) is 18.2. The van der Waals surface area contributed by atoms with E-state index >= 15 is 0 Å². The number of fused-ring (bicyclic) bond motifs is 1. The van der Waals surface area contributed by atoms with Crippen LogP contribution in [0, 0.1) is 5.41 Å². The fourth-order valence-electron chi connectivity index (χ4n) is 4.97. The van der Waals surface area contributed by atoms with Gasteiger partial charge in [-0.05, 0) is 53.8 Å². The second-order valence-electron chi connectivity index (χ2n) is 10.1. The molecule has 38 heavy (non-hydrogen) atoms. The van der Waals surface area contributed by atoms with Crippen LogP contribution < -0.4 is 19.5 Å². The van der Waals surface area contributed by atoms with E-state index in [9.17, 15) is 9.59 Å². The van der Waals surface area contributed by atoms with Gasteiger partial charge in [0, 0.05) is 23.3 Å². The summed E-state index contributed by atoms with van der Waals surface area (Å²) in [6, 6.07) is 12.1. The molecule has 0 bridgehead atoms. The van der Waals surface area contributed by atoms with E-state index in [1.165, 1.54) is 11.8 Å². The highest BCUT2D eigenvalue weighted by Gasteiger charge is 2.42. The van der Waals surface area contributed by atoms with Crippen LogP contribution in [0.25, 0.3) is 0 Å². The molecule has 1 N–H and O–H groups in total. The monoisotopic (exact) mass is 534 g/mol. The standard InChI is InChI=1S/C28H30N4O5S/c1-28(2)13-19-24(20(33)14-28)25(17-8-11-22(36-4)23(12-17)37-5)32-26(29-19)30-27(31-32)38-15-21(34)16-6-9-18(35-3)10-7-16/h6-12,25H,13-15H2,1-5H3,(H,29,30,31)/t25-/m1/s1. The van der Waals surface area contributed by atoms with Gasteiger partial charge in [-0.2, -0.15) is 4.98 Å². The highest BCUT2D eigenvalue weighted by molar-refractivity contribution is 7.99. The molecule has 1 aliphatic carbocycles. The lowest BCUT2D eigenvalue weighted by Gasteiger charge is -2.38. The van der Waals surface area contributed by atoms with Crippen molar-refractivity contribution in [3.05, 3.63) is 64.9 Å². The van der Waals surface area contributed by atoms with Gasteiger partial charge in [-0.25, -0.2) is 4.68 Å². The van der Waals surface area contributed by atoms with Crippen molar-refractivity contribution >= 4 is 29.3 Å². The Morgan fingerprint density at radius 3 is 2.47 bits per heavy atom. The van der Waals surface area contributed by atoms with E-state index in [1.807, 2.05) is 18.2 Å². The number of carbonyl (C=O) groups is 2. The van der Waals surface area contributed by atoms with Crippen LogP contribution in [0.4, 0.5) is 5.95 Å². The number of nitrogens with one attached hydrogen (secondary N) is 1. The molecule has 0 saturated carbocycles. The summed E-state index contributed by atoms with van der Waals surface area (Å²) in [4.78, 5) is 30.9. The first-order valence-corrected chi connectivity index (χ1v) is 13.2. The molecule has 1 aromatic heterocycles. The van der Waals surface area contributed by atoms with Crippen molar-refractivity contribution in [1.82, 2.24) is 14.8 Å². The molecule has 1 atom stereocenters. The maximum absolute atomic E-state index is 13.5. The summed E-state index contributed by atoms with van der Waals surface area (Å²) in [6.07, 6.45) is 1.16. The average Bonchev–Trinajstić information content (AvgIpc) is 3.31. The zero-order chi connectivity index (χ0) is 27.0. The SMILES string of the molecule is COc1ccc(C(=O)CSc2nc3n(n2)[C@H](c2ccc(OC)c(OC)c2)C2=C(CC(C)(C)CC2=O)N3)cc1. The number of benzene rings is 2. The van der Waals surface area contributed by atoms with Gasteiger partial charge in [0.2, 0.25) is 11.1 Å². The molecule has 9 nitrogen and oxygen atoms in total. The minimum atomic E-state index is -0.483. The number of ketones is 2. The lowest BCUT2D eigenvalue weighted by atomic mass is 9.73. The van der Waals surface area contributed by atoms with Gasteiger partial charge in [0.15, 0.2) is 23.1 Å². The number of thioether (sulfide) groups is 1. The molecule has 0 amide bonds. The van der Waals surface area contributed by atoms with Crippen molar-refractivity contribution in [2.75, 3.05) is 32.4 Å². The Labute approximate surface area is 225 Å². The van der Waals surface area contributed by atoms with Crippen molar-refractivity contribution in [3.8, 4) is 17.2 Å². The van der Waals surface area contributed by atoms with E-state index in [-0.39, 0.29) is 22.7 Å². The lowest BCUT2D eigenvalue weighted by Crippen LogP contribution is -2.36. The van der Waals surface area contributed by atoms with Crippen LogP contribution in [0.1, 0.15) is 48.7 Å². The Morgan fingerprint density at radius 1 is 1.05 bits per heavy atom. The van der Waals surface area contributed by atoms with Crippen molar-refractivity contribution in [3.63, 3.8) is 0 Å². The van der Waals surface area contributed by atoms with Crippen LogP contribution in [0.3, 0.4) is 0 Å². The number of anilines is 1. The van der Waals surface area contributed by atoms with E-state index < -0.39 is 6.04 Å². The minimum Gasteiger partial charge on any atom is -0.497 e. The quantitative estimate of drug-likeness (QED) is 0.318. The number of methoxy groups -OCH3 is 3. The summed E-state index contributed by atoms with van der Waals surface area (Å²) in [7, 11) is 4.75. The Kier molecular flexibility index (Phi) is 6.92. The number of carbonyl (C=O) groups excluding carboxylic acids is 2.